The first-order valence-electron chi connectivity index (χ1n) is 10.9. The molecule has 2 nitrogen and oxygen atoms in total. The van der Waals surface area contributed by atoms with Gasteiger partial charge in [-0.1, -0.05) is 72.8 Å². The van der Waals surface area contributed by atoms with E-state index in [-0.39, 0.29) is 0 Å². The van der Waals surface area contributed by atoms with Crippen molar-refractivity contribution in [1.29, 1.82) is 0 Å². The van der Waals surface area contributed by atoms with E-state index in [1.165, 1.54) is 0 Å². The number of hydrogen-bond donors (Lipinski definition) is 0. The zero-order valence-electron chi connectivity index (χ0n) is 17.4. The van der Waals surface area contributed by atoms with Gasteiger partial charge in [-0.2, -0.15) is 8.78 Å². The highest BCUT2D eigenvalue weighted by molar-refractivity contribution is 6.20. The Kier molecular flexibility index (Phi) is 3.47. The first-order chi connectivity index (χ1) is 16.3. The molecule has 2 unspecified atom stereocenters. The van der Waals surface area contributed by atoms with Crippen LogP contribution in [-0.4, -0.2) is 22.9 Å². The van der Waals surface area contributed by atoms with Crippen molar-refractivity contribution in [3.8, 4) is 0 Å². The van der Waals surface area contributed by atoms with Crippen molar-refractivity contribution in [3.05, 3.63) is 107 Å². The molecule has 6 heteroatoms. The number of ketones is 2. The highest BCUT2D eigenvalue weighted by Gasteiger charge is 2.79. The van der Waals surface area contributed by atoms with Gasteiger partial charge in [-0.05, 0) is 43.8 Å². The molecule has 0 N–H and O–H groups in total. The van der Waals surface area contributed by atoms with Crippen molar-refractivity contribution in [3.63, 3.8) is 0 Å². The third kappa shape index (κ3) is 1.96. The van der Waals surface area contributed by atoms with Crippen LogP contribution in [0.15, 0.2) is 84.5 Å². The van der Waals surface area contributed by atoms with E-state index in [2.05, 4.69) is 0 Å². The van der Waals surface area contributed by atoms with Crippen LogP contribution < -0.4 is 0 Å². The monoisotopic (exact) mass is 458 g/mol. The summed E-state index contributed by atoms with van der Waals surface area (Å²) in [4.78, 5) is 25.9. The highest BCUT2D eigenvalue weighted by atomic mass is 19.2. The number of Topliss-reactive ketones (excluding diaryl/α,β-unsaturated/α-hetero) is 2. The number of carbonyl (C=O) groups excluding carboxylic acids is 2. The lowest BCUT2D eigenvalue weighted by molar-refractivity contribution is -0.163. The van der Waals surface area contributed by atoms with Crippen LogP contribution in [-0.2, 0) is 9.59 Å². The van der Waals surface area contributed by atoms with Gasteiger partial charge in [-0.25, -0.2) is 8.78 Å². The first-order valence-corrected chi connectivity index (χ1v) is 10.9. The normalized spacial score (nSPS) is 29.4. The van der Waals surface area contributed by atoms with Crippen molar-refractivity contribution in [2.45, 2.75) is 23.2 Å². The van der Waals surface area contributed by atoms with Crippen LogP contribution in [0.25, 0.3) is 21.5 Å². The summed E-state index contributed by atoms with van der Waals surface area (Å²) in [5.74, 6) is -11.5. The van der Waals surface area contributed by atoms with Gasteiger partial charge in [0.15, 0.2) is 0 Å². The summed E-state index contributed by atoms with van der Waals surface area (Å²) in [6.45, 7) is 0. The highest BCUT2D eigenvalue weighted by Crippen LogP contribution is 2.68. The van der Waals surface area contributed by atoms with E-state index in [1.54, 1.807) is 72.8 Å². The van der Waals surface area contributed by atoms with Gasteiger partial charge in [-0.3, -0.25) is 9.59 Å². The van der Waals surface area contributed by atoms with E-state index in [4.69, 9.17) is 0 Å². The van der Waals surface area contributed by atoms with Gasteiger partial charge in [0, 0.05) is 0 Å². The van der Waals surface area contributed by atoms with Gasteiger partial charge in [-0.15, -0.1) is 0 Å². The predicted octanol–water partition coefficient (Wildman–Crippen LogP) is 6.30. The molecular formula is C28H14F4O2. The fraction of sp³-hybridized carbons (Fsp3) is 0.143. The van der Waals surface area contributed by atoms with Crippen LogP contribution in [0, 0.1) is 0 Å². The summed E-state index contributed by atoms with van der Waals surface area (Å²) < 4.78 is 62.9. The van der Waals surface area contributed by atoms with Gasteiger partial charge in [0.1, 0.15) is 0 Å². The Hall–Kier alpha value is -3.80. The number of rotatable bonds is 0. The van der Waals surface area contributed by atoms with E-state index in [9.17, 15) is 18.4 Å². The zero-order valence-corrected chi connectivity index (χ0v) is 17.4. The summed E-state index contributed by atoms with van der Waals surface area (Å²) in [6, 6.07) is 21.0. The summed E-state index contributed by atoms with van der Waals surface area (Å²) in [5.41, 5.74) is -6.01. The number of hydrogen-bond acceptors (Lipinski definition) is 2. The standard InChI is InChI=1S/C28H14F4O2/c29-23-24(30)26(34)28(32)22-18-10-14-6-2-1-5-13(14)9-17(18)21(27(28,31)25(23)33)19-11-15-7-3-4-8-16(15)12-20(19)22/h1-12,21-22H. The van der Waals surface area contributed by atoms with Crippen LogP contribution >= 0.6 is 0 Å². The SMILES string of the molecule is O=C1C(F)=C(F)C(=O)C2(F)C3c4cc5ccccc5cc4C(c4cc5ccccc5cc43)C12F. The molecule has 34 heavy (non-hydrogen) atoms. The van der Waals surface area contributed by atoms with Crippen molar-refractivity contribution >= 4 is 33.1 Å². The lowest BCUT2D eigenvalue weighted by Gasteiger charge is -2.56. The summed E-state index contributed by atoms with van der Waals surface area (Å²) >= 11 is 0. The van der Waals surface area contributed by atoms with E-state index < -0.39 is 46.4 Å². The predicted molar refractivity (Wildman–Crippen MR) is 119 cm³/mol. The second-order valence-corrected chi connectivity index (χ2v) is 9.23. The van der Waals surface area contributed by atoms with Crippen molar-refractivity contribution in [2.24, 2.45) is 0 Å². The van der Waals surface area contributed by atoms with Crippen LogP contribution in [0.1, 0.15) is 34.1 Å². The van der Waals surface area contributed by atoms with Crippen LogP contribution in [0.5, 0.6) is 0 Å². The van der Waals surface area contributed by atoms with Gasteiger partial charge in [0.05, 0.1) is 11.8 Å². The molecule has 4 aliphatic rings. The molecule has 0 saturated heterocycles. The van der Waals surface area contributed by atoms with E-state index in [0.29, 0.717) is 22.3 Å². The molecule has 166 valence electrons. The molecule has 4 aromatic rings. The van der Waals surface area contributed by atoms with Gasteiger partial charge >= 0.3 is 0 Å². The number of carbonyl (C=O) groups is 2. The number of fused-ring (bicyclic) bond motifs is 2. The molecule has 0 aliphatic heterocycles. The van der Waals surface area contributed by atoms with E-state index in [0.717, 1.165) is 21.5 Å². The Morgan fingerprint density at radius 3 is 1.06 bits per heavy atom. The maximum absolute atomic E-state index is 16.9. The average molecular weight is 458 g/mol. The van der Waals surface area contributed by atoms with Gasteiger partial charge in [0.25, 0.3) is 0 Å². The molecule has 0 radical (unpaired) electrons. The number of benzene rings is 4. The Labute approximate surface area is 190 Å². The molecule has 0 fully saturated rings. The smallest absolute Gasteiger partial charge is 0.236 e. The van der Waals surface area contributed by atoms with Crippen molar-refractivity contribution in [1.82, 2.24) is 0 Å². The van der Waals surface area contributed by atoms with E-state index >= 15 is 8.78 Å². The summed E-state index contributed by atoms with van der Waals surface area (Å²) in [6.07, 6.45) is 0. The molecule has 0 spiro atoms. The molecule has 8 rings (SSSR count). The first kappa shape index (κ1) is 19.6. The van der Waals surface area contributed by atoms with E-state index in [1.807, 2.05) is 0 Å². The summed E-state index contributed by atoms with van der Waals surface area (Å²) in [5, 5.41) is 2.89. The lowest BCUT2D eigenvalue weighted by atomic mass is 9.47. The number of alkyl halides is 2. The van der Waals surface area contributed by atoms with Crippen molar-refractivity contribution < 1.29 is 27.2 Å². The molecule has 2 atom stereocenters. The molecule has 0 aromatic heterocycles. The number of halogens is 4. The molecule has 2 bridgehead atoms. The van der Waals surface area contributed by atoms with Crippen LogP contribution in [0.4, 0.5) is 17.6 Å². The quantitative estimate of drug-likeness (QED) is 0.290. The fourth-order valence-corrected chi connectivity index (χ4v) is 6.27. The second-order valence-electron chi connectivity index (χ2n) is 9.23. The average Bonchev–Trinajstić information content (AvgIpc) is 2.85. The maximum atomic E-state index is 16.9. The molecule has 0 saturated carbocycles. The topological polar surface area (TPSA) is 34.1 Å². The zero-order chi connectivity index (χ0) is 23.6. The maximum Gasteiger partial charge on any atom is 0.236 e. The lowest BCUT2D eigenvalue weighted by Crippen LogP contribution is -2.71. The molecule has 4 aliphatic carbocycles. The van der Waals surface area contributed by atoms with Gasteiger partial charge < -0.3 is 0 Å². The minimum absolute atomic E-state index is 0.304. The third-order valence-electron chi connectivity index (χ3n) is 7.72. The Morgan fingerprint density at radius 1 is 0.529 bits per heavy atom. The Balaban J connectivity index is 1.67. The molecular weight excluding hydrogens is 444 g/mol. The third-order valence-corrected chi connectivity index (χ3v) is 7.72. The minimum atomic E-state index is -3.61. The minimum Gasteiger partial charge on any atom is -0.288 e. The van der Waals surface area contributed by atoms with Crippen LogP contribution in [0.3, 0.4) is 0 Å². The largest absolute Gasteiger partial charge is 0.288 e. The van der Waals surface area contributed by atoms with Crippen LogP contribution in [0.2, 0.25) is 0 Å². The Bertz CT molecular complexity index is 1460. The summed E-state index contributed by atoms with van der Waals surface area (Å²) in [7, 11) is 0. The fourth-order valence-electron chi connectivity index (χ4n) is 6.27. The molecule has 4 aromatic carbocycles. The molecule has 0 heterocycles. The molecule has 0 amide bonds. The number of allylic oxidation sites excluding steroid dienone is 2. The van der Waals surface area contributed by atoms with Crippen molar-refractivity contribution in [2.75, 3.05) is 0 Å². The Morgan fingerprint density at radius 2 is 0.794 bits per heavy atom. The van der Waals surface area contributed by atoms with Gasteiger partial charge in [0.2, 0.25) is 34.6 Å². The second kappa shape index (κ2) is 6.00.